The van der Waals surface area contributed by atoms with E-state index in [1.54, 1.807) is 11.8 Å². The van der Waals surface area contributed by atoms with Gasteiger partial charge in [-0.3, -0.25) is 4.79 Å². The Morgan fingerprint density at radius 3 is 2.40 bits per heavy atom. The van der Waals surface area contributed by atoms with Crippen molar-refractivity contribution in [2.24, 2.45) is 11.8 Å². The van der Waals surface area contributed by atoms with E-state index in [0.29, 0.717) is 38.5 Å². The molecule has 5 heteroatoms. The molecule has 0 saturated carbocycles. The van der Waals surface area contributed by atoms with Gasteiger partial charge in [-0.05, 0) is 37.7 Å². The summed E-state index contributed by atoms with van der Waals surface area (Å²) in [6.45, 7) is 7.68. The number of piperidine rings is 1. The summed E-state index contributed by atoms with van der Waals surface area (Å²) in [5.41, 5.74) is 1.15. The van der Waals surface area contributed by atoms with Gasteiger partial charge in [0.2, 0.25) is 5.91 Å². The highest BCUT2D eigenvalue weighted by Crippen LogP contribution is 2.24. The van der Waals surface area contributed by atoms with Crippen LogP contribution in [0, 0.1) is 11.8 Å². The van der Waals surface area contributed by atoms with E-state index in [9.17, 15) is 9.59 Å². The van der Waals surface area contributed by atoms with Gasteiger partial charge in [-0.2, -0.15) is 0 Å². The van der Waals surface area contributed by atoms with E-state index in [2.05, 4.69) is 31.3 Å². The van der Waals surface area contributed by atoms with Crippen LogP contribution in [0.3, 0.4) is 0 Å². The van der Waals surface area contributed by atoms with Crippen LogP contribution in [0.2, 0.25) is 0 Å². The number of amides is 2. The zero-order valence-electron chi connectivity index (χ0n) is 15.5. The number of nitrogens with zero attached hydrogens (tertiary/aromatic N) is 1. The molecule has 0 spiro atoms. The summed E-state index contributed by atoms with van der Waals surface area (Å²) < 4.78 is 5.03. The first-order chi connectivity index (χ1) is 12.0. The van der Waals surface area contributed by atoms with Crippen LogP contribution in [0.15, 0.2) is 30.3 Å². The van der Waals surface area contributed by atoms with Crippen molar-refractivity contribution in [3.8, 4) is 0 Å². The number of carbonyl (C=O) groups excluding carboxylic acids is 2. The van der Waals surface area contributed by atoms with E-state index in [-0.39, 0.29) is 24.0 Å². The molecule has 1 N–H and O–H groups in total. The number of benzene rings is 1. The molecule has 1 heterocycles. The molecule has 0 aromatic heterocycles. The van der Waals surface area contributed by atoms with Crippen LogP contribution in [0.4, 0.5) is 4.79 Å². The molecule has 1 aliphatic rings. The van der Waals surface area contributed by atoms with Crippen LogP contribution < -0.4 is 5.32 Å². The molecule has 1 atom stereocenters. The Bertz CT molecular complexity index is 551. The Kier molecular flexibility index (Phi) is 7.29. The van der Waals surface area contributed by atoms with Crippen LogP contribution >= 0.6 is 0 Å². The second kappa shape index (κ2) is 9.44. The topological polar surface area (TPSA) is 58.6 Å². The van der Waals surface area contributed by atoms with E-state index >= 15 is 0 Å². The molecule has 1 aromatic carbocycles. The summed E-state index contributed by atoms with van der Waals surface area (Å²) in [4.78, 5) is 26.2. The molecule has 0 radical (unpaired) electrons. The Hall–Kier alpha value is -2.04. The van der Waals surface area contributed by atoms with Crippen molar-refractivity contribution < 1.29 is 14.3 Å². The number of carbonyl (C=O) groups is 2. The fourth-order valence-corrected chi connectivity index (χ4v) is 3.26. The molecule has 2 amide bonds. The van der Waals surface area contributed by atoms with Gasteiger partial charge in [0.05, 0.1) is 12.6 Å². The van der Waals surface area contributed by atoms with E-state index in [0.717, 1.165) is 12.0 Å². The van der Waals surface area contributed by atoms with Gasteiger partial charge in [-0.1, -0.05) is 44.2 Å². The zero-order valence-corrected chi connectivity index (χ0v) is 15.5. The second-order valence-corrected chi connectivity index (χ2v) is 7.06. The van der Waals surface area contributed by atoms with E-state index in [4.69, 9.17) is 4.74 Å². The second-order valence-electron chi connectivity index (χ2n) is 7.06. The lowest BCUT2D eigenvalue weighted by atomic mass is 9.93. The number of rotatable bonds is 6. The predicted octanol–water partition coefficient (Wildman–Crippen LogP) is 3.76. The quantitative estimate of drug-likeness (QED) is 0.853. The Labute approximate surface area is 150 Å². The lowest BCUT2D eigenvalue weighted by molar-refractivity contribution is -0.127. The minimum atomic E-state index is -0.275. The summed E-state index contributed by atoms with van der Waals surface area (Å²) in [7, 11) is 0. The van der Waals surface area contributed by atoms with Gasteiger partial charge in [0.1, 0.15) is 0 Å². The van der Waals surface area contributed by atoms with E-state index in [1.165, 1.54) is 0 Å². The van der Waals surface area contributed by atoms with Crippen LogP contribution in [0.1, 0.15) is 51.6 Å². The summed E-state index contributed by atoms with van der Waals surface area (Å²) >= 11 is 0. The van der Waals surface area contributed by atoms with Crippen molar-refractivity contribution in [3.05, 3.63) is 35.9 Å². The molecule has 1 saturated heterocycles. The first-order valence-electron chi connectivity index (χ1n) is 9.28. The molecular weight excluding hydrogens is 316 g/mol. The van der Waals surface area contributed by atoms with Crippen molar-refractivity contribution in [1.82, 2.24) is 10.2 Å². The Morgan fingerprint density at radius 1 is 1.20 bits per heavy atom. The third-order valence-electron chi connectivity index (χ3n) is 4.62. The molecule has 0 aliphatic carbocycles. The van der Waals surface area contributed by atoms with Gasteiger partial charge >= 0.3 is 6.09 Å². The van der Waals surface area contributed by atoms with Crippen molar-refractivity contribution in [2.75, 3.05) is 19.7 Å². The molecular formula is C20H30N2O3. The third kappa shape index (κ3) is 5.76. The highest BCUT2D eigenvalue weighted by molar-refractivity contribution is 5.79. The molecule has 1 unspecified atom stereocenters. The van der Waals surface area contributed by atoms with Gasteiger partial charge < -0.3 is 15.0 Å². The molecule has 1 fully saturated rings. The average molecular weight is 346 g/mol. The monoisotopic (exact) mass is 346 g/mol. The summed E-state index contributed by atoms with van der Waals surface area (Å²) in [5.74, 6) is 0.554. The van der Waals surface area contributed by atoms with Crippen LogP contribution in [-0.4, -0.2) is 36.6 Å². The summed E-state index contributed by atoms with van der Waals surface area (Å²) in [5, 5.41) is 3.23. The van der Waals surface area contributed by atoms with Crippen molar-refractivity contribution in [2.45, 2.75) is 46.1 Å². The number of ether oxygens (including phenoxy) is 1. The SMILES string of the molecule is CCOC(=O)N1CCC(C(=O)NC(CC(C)C)c2ccccc2)CC1. The average Bonchev–Trinajstić information content (AvgIpc) is 2.62. The number of likely N-dealkylation sites (tertiary alicyclic amines) is 1. The maximum Gasteiger partial charge on any atom is 0.409 e. The van der Waals surface area contributed by atoms with Crippen molar-refractivity contribution in [3.63, 3.8) is 0 Å². The fraction of sp³-hybridized carbons (Fsp3) is 0.600. The highest BCUT2D eigenvalue weighted by Gasteiger charge is 2.29. The molecule has 0 bridgehead atoms. The maximum atomic E-state index is 12.7. The molecule has 2 rings (SSSR count). The number of hydrogen-bond acceptors (Lipinski definition) is 3. The van der Waals surface area contributed by atoms with Crippen molar-refractivity contribution in [1.29, 1.82) is 0 Å². The predicted molar refractivity (Wildman–Crippen MR) is 98.1 cm³/mol. The van der Waals surface area contributed by atoms with Gasteiger partial charge in [0.15, 0.2) is 0 Å². The Balaban J connectivity index is 1.92. The third-order valence-corrected chi connectivity index (χ3v) is 4.62. The van der Waals surface area contributed by atoms with Crippen LogP contribution in [-0.2, 0) is 9.53 Å². The van der Waals surface area contributed by atoms with Crippen LogP contribution in [0.5, 0.6) is 0 Å². The Morgan fingerprint density at radius 2 is 1.84 bits per heavy atom. The first-order valence-corrected chi connectivity index (χ1v) is 9.28. The first kappa shape index (κ1) is 19.3. The van der Waals surface area contributed by atoms with Crippen LogP contribution in [0.25, 0.3) is 0 Å². The molecule has 1 aliphatic heterocycles. The largest absolute Gasteiger partial charge is 0.450 e. The summed E-state index contributed by atoms with van der Waals surface area (Å²) in [6, 6.07) is 10.2. The zero-order chi connectivity index (χ0) is 18.2. The normalized spacial score (nSPS) is 16.6. The maximum absolute atomic E-state index is 12.7. The minimum Gasteiger partial charge on any atom is -0.450 e. The molecule has 5 nitrogen and oxygen atoms in total. The lowest BCUT2D eigenvalue weighted by Crippen LogP contribution is -2.44. The minimum absolute atomic E-state index is 0.0379. The molecule has 138 valence electrons. The van der Waals surface area contributed by atoms with Gasteiger partial charge in [-0.25, -0.2) is 4.79 Å². The number of nitrogens with one attached hydrogen (secondary N) is 1. The van der Waals surface area contributed by atoms with E-state index in [1.807, 2.05) is 18.2 Å². The number of hydrogen-bond donors (Lipinski definition) is 1. The molecule has 1 aromatic rings. The van der Waals surface area contributed by atoms with E-state index < -0.39 is 0 Å². The van der Waals surface area contributed by atoms with Gasteiger partial charge in [-0.15, -0.1) is 0 Å². The fourth-order valence-electron chi connectivity index (χ4n) is 3.26. The van der Waals surface area contributed by atoms with Gasteiger partial charge in [0.25, 0.3) is 0 Å². The lowest BCUT2D eigenvalue weighted by Gasteiger charge is -2.31. The van der Waals surface area contributed by atoms with Crippen molar-refractivity contribution >= 4 is 12.0 Å². The van der Waals surface area contributed by atoms with Gasteiger partial charge in [0, 0.05) is 19.0 Å². The molecule has 25 heavy (non-hydrogen) atoms. The highest BCUT2D eigenvalue weighted by atomic mass is 16.6. The standard InChI is InChI=1S/C20H30N2O3/c1-4-25-20(24)22-12-10-17(11-13-22)19(23)21-18(14-15(2)3)16-8-6-5-7-9-16/h5-9,15,17-18H,4,10-14H2,1-3H3,(H,21,23). The smallest absolute Gasteiger partial charge is 0.409 e. The summed E-state index contributed by atoms with van der Waals surface area (Å²) in [6.07, 6.45) is 2.02.